The van der Waals surface area contributed by atoms with Crippen LogP contribution < -0.4 is 4.74 Å². The molecule has 0 amide bonds. The Morgan fingerprint density at radius 3 is 2.44 bits per heavy atom. The third-order valence-corrected chi connectivity index (χ3v) is 4.76. The van der Waals surface area contributed by atoms with Gasteiger partial charge in [0.25, 0.3) is 0 Å². The van der Waals surface area contributed by atoms with E-state index in [9.17, 15) is 4.79 Å². The van der Waals surface area contributed by atoms with E-state index in [1.807, 2.05) is 68.4 Å². The average Bonchev–Trinajstić information content (AvgIpc) is 3.35. The Morgan fingerprint density at radius 2 is 1.76 bits per heavy atom. The van der Waals surface area contributed by atoms with Crippen molar-refractivity contribution in [2.24, 2.45) is 5.16 Å². The van der Waals surface area contributed by atoms with Gasteiger partial charge in [-0.2, -0.15) is 0 Å². The van der Waals surface area contributed by atoms with E-state index in [0.29, 0.717) is 49.3 Å². The second-order valence-electron chi connectivity index (χ2n) is 7.19. The number of aromatic nitrogens is 1. The van der Waals surface area contributed by atoms with Gasteiger partial charge < -0.3 is 23.5 Å². The number of hydrogen-bond donors (Lipinski definition) is 0. The van der Waals surface area contributed by atoms with E-state index in [1.54, 1.807) is 13.2 Å². The highest BCUT2D eigenvalue weighted by molar-refractivity contribution is 5.97. The van der Waals surface area contributed by atoms with Crippen molar-refractivity contribution >= 4 is 11.7 Å². The summed E-state index contributed by atoms with van der Waals surface area (Å²) >= 11 is 0. The molecule has 0 spiro atoms. The predicted molar refractivity (Wildman–Crippen MR) is 128 cm³/mol. The van der Waals surface area contributed by atoms with Gasteiger partial charge in [-0.1, -0.05) is 47.6 Å². The van der Waals surface area contributed by atoms with Gasteiger partial charge in [-0.05, 0) is 38.5 Å². The van der Waals surface area contributed by atoms with Crippen LogP contribution in [0.1, 0.15) is 32.2 Å². The first kappa shape index (κ1) is 25.0. The highest BCUT2D eigenvalue weighted by atomic mass is 16.6. The van der Waals surface area contributed by atoms with E-state index in [1.165, 1.54) is 0 Å². The van der Waals surface area contributed by atoms with Crippen LogP contribution in [-0.4, -0.2) is 49.2 Å². The summed E-state index contributed by atoms with van der Waals surface area (Å²) in [5.74, 6) is 0.604. The third kappa shape index (κ3) is 7.18. The summed E-state index contributed by atoms with van der Waals surface area (Å²) in [6.45, 7) is 6.73. The normalized spacial score (nSPS) is 12.3. The monoisotopic (exact) mass is 466 g/mol. The van der Waals surface area contributed by atoms with Gasteiger partial charge in [-0.25, -0.2) is 9.78 Å². The van der Waals surface area contributed by atoms with Crippen molar-refractivity contribution in [1.29, 1.82) is 0 Å². The smallest absolute Gasteiger partial charge is 0.335 e. The molecule has 1 heterocycles. The van der Waals surface area contributed by atoms with Crippen molar-refractivity contribution in [3.05, 3.63) is 72.3 Å². The average molecular weight is 467 g/mol. The van der Waals surface area contributed by atoms with Gasteiger partial charge in [0, 0.05) is 18.6 Å². The molecular formula is C26H30N2O6. The summed E-state index contributed by atoms with van der Waals surface area (Å²) in [4.78, 5) is 21.8. The quantitative estimate of drug-likeness (QED) is 0.205. The Labute approximate surface area is 199 Å². The fraction of sp³-hybridized carbons (Fsp3) is 0.346. The minimum absolute atomic E-state index is 0.110. The molecule has 180 valence electrons. The summed E-state index contributed by atoms with van der Waals surface area (Å²) < 4.78 is 22.2. The topological polar surface area (TPSA) is 92.4 Å². The molecule has 0 aliphatic rings. The molecule has 0 radical (unpaired) electrons. The van der Waals surface area contributed by atoms with Crippen molar-refractivity contribution in [2.45, 2.75) is 33.3 Å². The van der Waals surface area contributed by atoms with Gasteiger partial charge in [0.15, 0.2) is 11.8 Å². The molecule has 0 aliphatic carbocycles. The van der Waals surface area contributed by atoms with E-state index in [0.717, 1.165) is 11.1 Å². The van der Waals surface area contributed by atoms with Crippen LogP contribution >= 0.6 is 0 Å². The van der Waals surface area contributed by atoms with Crippen LogP contribution in [0, 0.1) is 0 Å². The summed E-state index contributed by atoms with van der Waals surface area (Å²) in [6.07, 6.45) is 1.37. The molecule has 0 saturated heterocycles. The van der Waals surface area contributed by atoms with Crippen molar-refractivity contribution in [2.75, 3.05) is 26.4 Å². The summed E-state index contributed by atoms with van der Waals surface area (Å²) in [7, 11) is 0. The Balaban J connectivity index is 1.65. The molecule has 2 aromatic carbocycles. The molecular weight excluding hydrogens is 436 g/mol. The number of hydrogen-bond acceptors (Lipinski definition) is 8. The van der Waals surface area contributed by atoms with E-state index in [2.05, 4.69) is 10.1 Å². The zero-order valence-corrected chi connectivity index (χ0v) is 19.7. The number of benzene rings is 2. The highest BCUT2D eigenvalue weighted by Crippen LogP contribution is 2.19. The summed E-state index contributed by atoms with van der Waals surface area (Å²) in [5, 5.41) is 4.12. The lowest BCUT2D eigenvalue weighted by Crippen LogP contribution is -2.28. The SMILES string of the molecule is CCON=C(COc1ccc(CC(OCC)C(=O)OCC)cc1)c1nc(-c2ccccc2)co1. The molecule has 1 atom stereocenters. The number of ether oxygens (including phenoxy) is 3. The zero-order chi connectivity index (χ0) is 24.2. The molecule has 1 unspecified atom stereocenters. The Kier molecular flexibility index (Phi) is 9.66. The number of carbonyl (C=O) groups is 1. The van der Waals surface area contributed by atoms with Crippen LogP contribution in [0.3, 0.4) is 0 Å². The lowest BCUT2D eigenvalue weighted by Gasteiger charge is -2.15. The van der Waals surface area contributed by atoms with Gasteiger partial charge in [-0.15, -0.1) is 0 Å². The largest absolute Gasteiger partial charge is 0.487 e. The van der Waals surface area contributed by atoms with Crippen LogP contribution in [0.4, 0.5) is 0 Å². The van der Waals surface area contributed by atoms with Crippen molar-refractivity contribution in [3.8, 4) is 17.0 Å². The minimum Gasteiger partial charge on any atom is -0.487 e. The maximum Gasteiger partial charge on any atom is 0.335 e. The first-order valence-electron chi connectivity index (χ1n) is 11.3. The Morgan fingerprint density at radius 1 is 1.00 bits per heavy atom. The number of rotatable bonds is 13. The van der Waals surface area contributed by atoms with Crippen LogP contribution in [0.2, 0.25) is 0 Å². The lowest BCUT2D eigenvalue weighted by molar-refractivity contribution is -0.156. The Bertz CT molecular complexity index is 1050. The van der Waals surface area contributed by atoms with Gasteiger partial charge in [0.05, 0.1) is 6.61 Å². The fourth-order valence-electron chi connectivity index (χ4n) is 3.15. The maximum atomic E-state index is 12.1. The molecule has 3 rings (SSSR count). The molecule has 3 aromatic rings. The van der Waals surface area contributed by atoms with Crippen LogP contribution in [0.15, 0.2) is 70.4 Å². The molecule has 1 aromatic heterocycles. The van der Waals surface area contributed by atoms with Crippen molar-refractivity contribution < 1.29 is 28.3 Å². The molecule has 8 heteroatoms. The van der Waals surface area contributed by atoms with Crippen molar-refractivity contribution in [3.63, 3.8) is 0 Å². The first-order valence-corrected chi connectivity index (χ1v) is 11.3. The second-order valence-corrected chi connectivity index (χ2v) is 7.19. The predicted octanol–water partition coefficient (Wildman–Crippen LogP) is 4.67. The molecule has 0 saturated carbocycles. The standard InChI is InChI=1S/C26H30N2O6/c1-4-30-24(26(29)31-5-2)16-19-12-14-21(15-13-19)32-18-23(28-34-6-3)25-27-22(17-33-25)20-10-8-7-9-11-20/h7-15,17,24H,4-6,16,18H2,1-3H3. The molecule has 0 fully saturated rings. The number of carbonyl (C=O) groups excluding carboxylic acids is 1. The van der Waals surface area contributed by atoms with Crippen LogP contribution in [0.5, 0.6) is 5.75 Å². The maximum absolute atomic E-state index is 12.1. The zero-order valence-electron chi connectivity index (χ0n) is 19.7. The fourth-order valence-corrected chi connectivity index (χ4v) is 3.15. The van der Waals surface area contributed by atoms with E-state index in [-0.39, 0.29) is 12.6 Å². The van der Waals surface area contributed by atoms with Gasteiger partial charge in [0.2, 0.25) is 5.89 Å². The van der Waals surface area contributed by atoms with E-state index in [4.69, 9.17) is 23.5 Å². The van der Waals surface area contributed by atoms with Gasteiger partial charge >= 0.3 is 5.97 Å². The van der Waals surface area contributed by atoms with E-state index >= 15 is 0 Å². The van der Waals surface area contributed by atoms with Gasteiger partial charge in [-0.3, -0.25) is 0 Å². The van der Waals surface area contributed by atoms with Gasteiger partial charge in [0.1, 0.15) is 30.9 Å². The van der Waals surface area contributed by atoms with Crippen LogP contribution in [0.25, 0.3) is 11.3 Å². The van der Waals surface area contributed by atoms with Crippen LogP contribution in [-0.2, 0) is 25.5 Å². The number of oxazole rings is 1. The molecule has 0 aliphatic heterocycles. The Hall–Kier alpha value is -3.65. The van der Waals surface area contributed by atoms with E-state index < -0.39 is 6.10 Å². The lowest BCUT2D eigenvalue weighted by atomic mass is 10.1. The summed E-state index contributed by atoms with van der Waals surface area (Å²) in [6, 6.07) is 17.2. The molecule has 0 bridgehead atoms. The number of oxime groups is 1. The third-order valence-electron chi connectivity index (χ3n) is 4.76. The molecule has 8 nitrogen and oxygen atoms in total. The molecule has 0 N–H and O–H groups in total. The second kappa shape index (κ2) is 13.2. The highest BCUT2D eigenvalue weighted by Gasteiger charge is 2.20. The number of esters is 1. The minimum atomic E-state index is -0.634. The molecule has 34 heavy (non-hydrogen) atoms. The number of nitrogens with zero attached hydrogens (tertiary/aromatic N) is 2. The first-order chi connectivity index (χ1) is 16.6. The summed E-state index contributed by atoms with van der Waals surface area (Å²) in [5.41, 5.74) is 3.02. The van der Waals surface area contributed by atoms with Crippen molar-refractivity contribution in [1.82, 2.24) is 4.98 Å².